The van der Waals surface area contributed by atoms with Crippen LogP contribution in [0.2, 0.25) is 0 Å². The molecule has 166 valence electrons. The van der Waals surface area contributed by atoms with Gasteiger partial charge in [-0.2, -0.15) is 0 Å². The molecule has 2 saturated heterocycles. The number of likely N-dealkylation sites (tertiary alicyclic amines) is 1. The SMILES string of the molecule is Cc1ccccc1C(N1CCCCC1)P1(=O)N(c2ccccc2)CCN1c1ccccc1. The molecule has 0 radical (unpaired) electrons. The molecule has 5 heteroatoms. The largest absolute Gasteiger partial charge is 0.304 e. The van der Waals surface area contributed by atoms with Crippen molar-refractivity contribution in [2.24, 2.45) is 0 Å². The lowest BCUT2D eigenvalue weighted by molar-refractivity contribution is 0.206. The van der Waals surface area contributed by atoms with Crippen LogP contribution in [-0.4, -0.2) is 31.1 Å². The van der Waals surface area contributed by atoms with Crippen LogP contribution in [0.1, 0.15) is 36.2 Å². The molecule has 0 amide bonds. The smallest absolute Gasteiger partial charge is 0.284 e. The fourth-order valence-electron chi connectivity index (χ4n) is 5.29. The van der Waals surface area contributed by atoms with Crippen molar-refractivity contribution in [2.75, 3.05) is 35.5 Å². The summed E-state index contributed by atoms with van der Waals surface area (Å²) in [5, 5.41) is 0. The Bertz CT molecular complexity index is 1030. The highest BCUT2D eigenvalue weighted by Crippen LogP contribution is 2.70. The molecular formula is C27H32N3OP. The van der Waals surface area contributed by atoms with Gasteiger partial charge < -0.3 is 9.34 Å². The number of aryl methyl sites for hydroxylation is 1. The Morgan fingerprint density at radius 2 is 1.16 bits per heavy atom. The molecule has 4 nitrogen and oxygen atoms in total. The Labute approximate surface area is 191 Å². The van der Waals surface area contributed by atoms with Crippen molar-refractivity contribution in [3.8, 4) is 0 Å². The lowest BCUT2D eigenvalue weighted by atomic mass is 10.1. The first kappa shape index (κ1) is 21.3. The van der Waals surface area contributed by atoms with Gasteiger partial charge in [0.25, 0.3) is 7.44 Å². The molecule has 2 fully saturated rings. The third-order valence-corrected chi connectivity index (χ3v) is 10.3. The molecule has 0 saturated carbocycles. The first-order valence-corrected chi connectivity index (χ1v) is 13.4. The first-order chi connectivity index (χ1) is 15.7. The summed E-state index contributed by atoms with van der Waals surface area (Å²) in [6, 6.07) is 29.2. The maximum absolute atomic E-state index is 15.6. The predicted molar refractivity (Wildman–Crippen MR) is 135 cm³/mol. The van der Waals surface area contributed by atoms with Crippen molar-refractivity contribution < 1.29 is 4.57 Å². The van der Waals surface area contributed by atoms with Gasteiger partial charge in [-0.25, -0.2) is 0 Å². The van der Waals surface area contributed by atoms with Crippen molar-refractivity contribution in [1.82, 2.24) is 4.90 Å². The molecule has 0 N–H and O–H groups in total. The summed E-state index contributed by atoms with van der Waals surface area (Å²) in [4.78, 5) is 2.50. The summed E-state index contributed by atoms with van der Waals surface area (Å²) >= 11 is 0. The molecule has 5 rings (SSSR count). The number of anilines is 2. The zero-order valence-electron chi connectivity index (χ0n) is 18.8. The number of hydrogen-bond acceptors (Lipinski definition) is 2. The molecule has 2 aliphatic heterocycles. The molecular weight excluding hydrogens is 413 g/mol. The average Bonchev–Trinajstić information content (AvgIpc) is 3.20. The zero-order valence-corrected chi connectivity index (χ0v) is 19.7. The van der Waals surface area contributed by atoms with Crippen molar-refractivity contribution in [1.29, 1.82) is 0 Å². The predicted octanol–water partition coefficient (Wildman–Crippen LogP) is 6.70. The topological polar surface area (TPSA) is 26.8 Å². The van der Waals surface area contributed by atoms with Gasteiger partial charge in [0.1, 0.15) is 5.78 Å². The Morgan fingerprint density at radius 1 is 0.656 bits per heavy atom. The number of nitrogens with zero attached hydrogens (tertiary/aromatic N) is 3. The van der Waals surface area contributed by atoms with E-state index in [1.807, 2.05) is 12.1 Å². The highest BCUT2D eigenvalue weighted by atomic mass is 31.2. The summed E-state index contributed by atoms with van der Waals surface area (Å²) < 4.78 is 20.1. The second kappa shape index (κ2) is 9.13. The Morgan fingerprint density at radius 3 is 1.69 bits per heavy atom. The van der Waals surface area contributed by atoms with Crippen LogP contribution in [0.5, 0.6) is 0 Å². The second-order valence-corrected chi connectivity index (χ2v) is 11.5. The quantitative estimate of drug-likeness (QED) is 0.408. The molecule has 3 aromatic carbocycles. The van der Waals surface area contributed by atoms with Crippen molar-refractivity contribution in [2.45, 2.75) is 32.0 Å². The van der Waals surface area contributed by atoms with Crippen LogP contribution in [0, 0.1) is 6.92 Å². The number of benzene rings is 3. The maximum Gasteiger partial charge on any atom is 0.284 e. The number of para-hydroxylation sites is 2. The summed E-state index contributed by atoms with van der Waals surface area (Å²) in [6.07, 6.45) is 3.59. The van der Waals surface area contributed by atoms with Gasteiger partial charge in [0.05, 0.1) is 0 Å². The van der Waals surface area contributed by atoms with Crippen molar-refractivity contribution >= 4 is 18.8 Å². The molecule has 1 atom stereocenters. The van der Waals surface area contributed by atoms with E-state index in [0.717, 1.165) is 37.6 Å². The van der Waals surface area contributed by atoms with E-state index in [4.69, 9.17) is 0 Å². The van der Waals surface area contributed by atoms with Crippen LogP contribution >= 0.6 is 7.44 Å². The monoisotopic (exact) mass is 445 g/mol. The van der Waals surface area contributed by atoms with Crippen LogP contribution in [0.4, 0.5) is 11.4 Å². The molecule has 2 aliphatic rings. The fraction of sp³-hybridized carbons (Fsp3) is 0.333. The zero-order chi connectivity index (χ0) is 22.0. The Hall–Kier alpha value is -2.55. The van der Waals surface area contributed by atoms with Crippen LogP contribution in [-0.2, 0) is 4.57 Å². The third kappa shape index (κ3) is 3.76. The van der Waals surface area contributed by atoms with Crippen LogP contribution in [0.25, 0.3) is 0 Å². The van der Waals surface area contributed by atoms with E-state index in [9.17, 15) is 0 Å². The Balaban J connectivity index is 1.71. The van der Waals surface area contributed by atoms with Crippen molar-refractivity contribution in [3.05, 3.63) is 96.1 Å². The van der Waals surface area contributed by atoms with Gasteiger partial charge in [-0.1, -0.05) is 67.1 Å². The number of piperidine rings is 1. The molecule has 0 aromatic heterocycles. The molecule has 2 heterocycles. The van der Waals surface area contributed by atoms with Gasteiger partial charge in [0, 0.05) is 24.5 Å². The van der Waals surface area contributed by atoms with Crippen molar-refractivity contribution in [3.63, 3.8) is 0 Å². The van der Waals surface area contributed by atoms with E-state index in [-0.39, 0.29) is 5.78 Å². The van der Waals surface area contributed by atoms with Gasteiger partial charge in [0.15, 0.2) is 0 Å². The van der Waals surface area contributed by atoms with Crippen LogP contribution in [0.3, 0.4) is 0 Å². The fourth-order valence-corrected chi connectivity index (χ4v) is 9.07. The molecule has 0 bridgehead atoms. The van der Waals surface area contributed by atoms with E-state index < -0.39 is 7.44 Å². The van der Waals surface area contributed by atoms with E-state index in [0.29, 0.717) is 0 Å². The van der Waals surface area contributed by atoms with E-state index in [1.165, 1.54) is 30.4 Å². The first-order valence-electron chi connectivity index (χ1n) is 11.7. The van der Waals surface area contributed by atoms with E-state index in [1.54, 1.807) is 0 Å². The second-order valence-electron chi connectivity index (χ2n) is 8.83. The summed E-state index contributed by atoms with van der Waals surface area (Å²) in [5.74, 6) is -0.160. The van der Waals surface area contributed by atoms with E-state index in [2.05, 4.69) is 94.0 Å². The minimum atomic E-state index is -3.07. The Kier molecular flexibility index (Phi) is 6.08. The maximum atomic E-state index is 15.6. The summed E-state index contributed by atoms with van der Waals surface area (Å²) in [6.45, 7) is 5.66. The minimum Gasteiger partial charge on any atom is -0.304 e. The molecule has 0 spiro atoms. The number of hydrogen-bond donors (Lipinski definition) is 0. The lowest BCUT2D eigenvalue weighted by Crippen LogP contribution is -2.38. The van der Waals surface area contributed by atoms with Gasteiger partial charge in [0.2, 0.25) is 0 Å². The molecule has 1 unspecified atom stereocenters. The van der Waals surface area contributed by atoms with Gasteiger partial charge in [-0.15, -0.1) is 0 Å². The lowest BCUT2D eigenvalue weighted by Gasteiger charge is -2.44. The summed E-state index contributed by atoms with van der Waals surface area (Å²) in [7, 11) is -3.07. The summed E-state index contributed by atoms with van der Waals surface area (Å²) in [5.41, 5.74) is 4.50. The molecule has 3 aromatic rings. The highest BCUT2D eigenvalue weighted by Gasteiger charge is 2.52. The number of rotatable bonds is 5. The van der Waals surface area contributed by atoms with Gasteiger partial charge in [-0.05, 0) is 68.2 Å². The molecule has 0 aliphatic carbocycles. The highest BCUT2D eigenvalue weighted by molar-refractivity contribution is 7.67. The van der Waals surface area contributed by atoms with Gasteiger partial charge >= 0.3 is 0 Å². The van der Waals surface area contributed by atoms with Gasteiger partial charge in [-0.3, -0.25) is 9.46 Å². The standard InChI is InChI=1S/C27H32N3OP/c1-23-13-9-10-18-26(23)27(28-19-11-4-12-20-28)32(31)29(24-14-5-2-6-15-24)21-22-30(32)25-16-7-3-8-17-25/h2-3,5-10,13-18,27H,4,11-12,19-22H2,1H3. The minimum absolute atomic E-state index is 0.160. The third-order valence-electron chi connectivity index (χ3n) is 6.85. The average molecular weight is 446 g/mol. The molecule has 32 heavy (non-hydrogen) atoms. The van der Waals surface area contributed by atoms with Crippen LogP contribution < -0.4 is 9.34 Å². The van der Waals surface area contributed by atoms with Crippen LogP contribution in [0.15, 0.2) is 84.9 Å². The normalized spacial score (nSPS) is 19.8. The van der Waals surface area contributed by atoms with E-state index >= 15 is 4.57 Å².